The molecule has 0 fully saturated rings. The second-order valence-corrected chi connectivity index (χ2v) is 5.86. The third-order valence-electron chi connectivity index (χ3n) is 3.76. The molecule has 4 nitrogen and oxygen atoms in total. The summed E-state index contributed by atoms with van der Waals surface area (Å²) in [6, 6.07) is 6.03. The fourth-order valence-electron chi connectivity index (χ4n) is 2.48. The van der Waals surface area contributed by atoms with Gasteiger partial charge in [0.2, 0.25) is 5.91 Å². The molecule has 0 aliphatic carbocycles. The van der Waals surface area contributed by atoms with E-state index < -0.39 is 0 Å². The third kappa shape index (κ3) is 3.12. The van der Waals surface area contributed by atoms with Gasteiger partial charge in [-0.05, 0) is 31.0 Å². The summed E-state index contributed by atoms with van der Waals surface area (Å²) in [5.74, 6) is 0.744. The molecule has 1 aromatic rings. The Morgan fingerprint density at radius 1 is 1.40 bits per heavy atom. The SMILES string of the molecule is CCNC1C(=O)Nc2cc(N(C)CCC(C)C)ccc21. The molecular formula is C16H25N3O. The maximum atomic E-state index is 11.9. The minimum absolute atomic E-state index is 0.0452. The van der Waals surface area contributed by atoms with Crippen LogP contribution in [0, 0.1) is 5.92 Å². The van der Waals surface area contributed by atoms with Crippen molar-refractivity contribution in [2.24, 2.45) is 5.92 Å². The van der Waals surface area contributed by atoms with Gasteiger partial charge in [0.25, 0.3) is 0 Å². The number of fused-ring (bicyclic) bond motifs is 1. The zero-order valence-corrected chi connectivity index (χ0v) is 12.9. The highest BCUT2D eigenvalue weighted by atomic mass is 16.2. The molecule has 1 aromatic carbocycles. The van der Waals surface area contributed by atoms with E-state index in [4.69, 9.17) is 0 Å². The lowest BCUT2D eigenvalue weighted by Crippen LogP contribution is -2.27. The Hall–Kier alpha value is -1.55. The number of nitrogens with one attached hydrogen (secondary N) is 2. The number of rotatable bonds is 6. The molecule has 2 N–H and O–H groups in total. The predicted molar refractivity (Wildman–Crippen MR) is 84.2 cm³/mol. The van der Waals surface area contributed by atoms with Crippen molar-refractivity contribution in [2.45, 2.75) is 33.2 Å². The van der Waals surface area contributed by atoms with Gasteiger partial charge in [-0.1, -0.05) is 26.8 Å². The molecule has 4 heteroatoms. The molecule has 0 bridgehead atoms. The van der Waals surface area contributed by atoms with Crippen LogP contribution in [0.3, 0.4) is 0 Å². The van der Waals surface area contributed by atoms with Crippen molar-refractivity contribution in [3.8, 4) is 0 Å². The van der Waals surface area contributed by atoms with Crippen LogP contribution in [0.1, 0.15) is 38.8 Å². The van der Waals surface area contributed by atoms with Crippen molar-refractivity contribution in [1.82, 2.24) is 5.32 Å². The number of benzene rings is 1. The molecule has 1 amide bonds. The monoisotopic (exact) mass is 275 g/mol. The highest BCUT2D eigenvalue weighted by Gasteiger charge is 2.29. The lowest BCUT2D eigenvalue weighted by atomic mass is 10.1. The average Bonchev–Trinajstić information content (AvgIpc) is 2.72. The van der Waals surface area contributed by atoms with E-state index in [0.29, 0.717) is 5.92 Å². The van der Waals surface area contributed by atoms with Gasteiger partial charge in [-0.15, -0.1) is 0 Å². The minimum Gasteiger partial charge on any atom is -0.375 e. The van der Waals surface area contributed by atoms with Crippen LogP contribution in [0.4, 0.5) is 11.4 Å². The Balaban J connectivity index is 2.13. The Morgan fingerprint density at radius 2 is 2.15 bits per heavy atom. The van der Waals surface area contributed by atoms with Crippen LogP contribution in [0.25, 0.3) is 0 Å². The van der Waals surface area contributed by atoms with E-state index in [9.17, 15) is 4.79 Å². The first-order chi connectivity index (χ1) is 9.52. The van der Waals surface area contributed by atoms with E-state index in [2.05, 4.69) is 54.6 Å². The fraction of sp³-hybridized carbons (Fsp3) is 0.562. The molecule has 20 heavy (non-hydrogen) atoms. The van der Waals surface area contributed by atoms with Crippen LogP contribution >= 0.6 is 0 Å². The maximum Gasteiger partial charge on any atom is 0.246 e. The summed E-state index contributed by atoms with van der Waals surface area (Å²) in [7, 11) is 2.10. The summed E-state index contributed by atoms with van der Waals surface area (Å²) in [5.41, 5.74) is 3.15. The van der Waals surface area contributed by atoms with Crippen molar-refractivity contribution < 1.29 is 4.79 Å². The van der Waals surface area contributed by atoms with Crippen molar-refractivity contribution in [3.63, 3.8) is 0 Å². The standard InChI is InChI=1S/C16H25N3O/c1-5-17-15-13-7-6-12(10-14(13)18-16(15)20)19(4)9-8-11(2)3/h6-7,10-11,15,17H,5,8-9H2,1-4H3,(H,18,20). The Kier molecular flexibility index (Phi) is 4.65. The van der Waals surface area contributed by atoms with E-state index in [0.717, 1.165) is 30.0 Å². The van der Waals surface area contributed by atoms with Gasteiger partial charge >= 0.3 is 0 Å². The van der Waals surface area contributed by atoms with E-state index in [1.165, 1.54) is 6.42 Å². The number of likely N-dealkylation sites (N-methyl/N-ethyl adjacent to an activating group) is 1. The smallest absolute Gasteiger partial charge is 0.246 e. The predicted octanol–water partition coefficient (Wildman–Crippen LogP) is 2.77. The molecule has 1 heterocycles. The molecule has 1 aliphatic heterocycles. The number of amides is 1. The highest BCUT2D eigenvalue weighted by molar-refractivity contribution is 6.03. The van der Waals surface area contributed by atoms with E-state index in [1.807, 2.05) is 6.92 Å². The number of hydrogen-bond donors (Lipinski definition) is 2. The lowest BCUT2D eigenvalue weighted by Gasteiger charge is -2.21. The van der Waals surface area contributed by atoms with Crippen molar-refractivity contribution in [2.75, 3.05) is 30.4 Å². The van der Waals surface area contributed by atoms with Gasteiger partial charge in [0, 0.05) is 30.5 Å². The van der Waals surface area contributed by atoms with Crippen molar-refractivity contribution >= 4 is 17.3 Å². The van der Waals surface area contributed by atoms with Crippen LogP contribution in [0.5, 0.6) is 0 Å². The van der Waals surface area contributed by atoms with Gasteiger partial charge in [0.15, 0.2) is 0 Å². The number of carbonyl (C=O) groups excluding carboxylic acids is 1. The summed E-state index contributed by atoms with van der Waals surface area (Å²) >= 11 is 0. The highest BCUT2D eigenvalue weighted by Crippen LogP contribution is 2.33. The average molecular weight is 275 g/mol. The van der Waals surface area contributed by atoms with Crippen molar-refractivity contribution in [3.05, 3.63) is 23.8 Å². The van der Waals surface area contributed by atoms with Crippen molar-refractivity contribution in [1.29, 1.82) is 0 Å². The molecule has 1 aliphatic rings. The molecule has 0 spiro atoms. The maximum absolute atomic E-state index is 11.9. The zero-order valence-electron chi connectivity index (χ0n) is 12.9. The summed E-state index contributed by atoms with van der Waals surface area (Å²) < 4.78 is 0. The van der Waals surface area contributed by atoms with Gasteiger partial charge in [-0.25, -0.2) is 0 Å². The second kappa shape index (κ2) is 6.27. The van der Waals surface area contributed by atoms with E-state index >= 15 is 0 Å². The molecule has 1 unspecified atom stereocenters. The van der Waals surface area contributed by atoms with Crippen LogP contribution in [-0.4, -0.2) is 26.0 Å². The number of anilines is 2. The molecule has 2 rings (SSSR count). The molecule has 110 valence electrons. The Labute approximate surface area is 121 Å². The first-order valence-corrected chi connectivity index (χ1v) is 7.42. The number of hydrogen-bond acceptors (Lipinski definition) is 3. The molecule has 1 atom stereocenters. The Morgan fingerprint density at radius 3 is 2.80 bits per heavy atom. The van der Waals surface area contributed by atoms with Crippen LogP contribution in [0.2, 0.25) is 0 Å². The first-order valence-electron chi connectivity index (χ1n) is 7.42. The first kappa shape index (κ1) is 14.9. The van der Waals surface area contributed by atoms with Gasteiger partial charge in [0.1, 0.15) is 6.04 Å². The number of carbonyl (C=O) groups is 1. The zero-order chi connectivity index (χ0) is 14.7. The molecular weight excluding hydrogens is 250 g/mol. The van der Waals surface area contributed by atoms with Gasteiger partial charge in [-0.2, -0.15) is 0 Å². The largest absolute Gasteiger partial charge is 0.375 e. The summed E-state index contributed by atoms with van der Waals surface area (Å²) in [5, 5.41) is 6.18. The second-order valence-electron chi connectivity index (χ2n) is 5.86. The topological polar surface area (TPSA) is 44.4 Å². The molecule has 0 saturated heterocycles. The summed E-state index contributed by atoms with van der Waals surface area (Å²) in [6.07, 6.45) is 1.17. The van der Waals surface area contributed by atoms with Crippen LogP contribution in [0.15, 0.2) is 18.2 Å². The molecule has 0 saturated carbocycles. The third-order valence-corrected chi connectivity index (χ3v) is 3.76. The van der Waals surface area contributed by atoms with E-state index in [1.54, 1.807) is 0 Å². The van der Waals surface area contributed by atoms with Gasteiger partial charge in [-0.3, -0.25) is 4.79 Å². The fourth-order valence-corrected chi connectivity index (χ4v) is 2.48. The Bertz CT molecular complexity index is 485. The quantitative estimate of drug-likeness (QED) is 0.839. The normalized spacial score (nSPS) is 17.2. The van der Waals surface area contributed by atoms with Crippen LogP contribution in [-0.2, 0) is 4.79 Å². The minimum atomic E-state index is -0.204. The van der Waals surface area contributed by atoms with E-state index in [-0.39, 0.29) is 11.9 Å². The summed E-state index contributed by atoms with van der Waals surface area (Å²) in [6.45, 7) is 8.30. The van der Waals surface area contributed by atoms with Crippen LogP contribution < -0.4 is 15.5 Å². The van der Waals surface area contributed by atoms with Gasteiger partial charge in [0.05, 0.1) is 0 Å². The summed E-state index contributed by atoms with van der Waals surface area (Å²) in [4.78, 5) is 14.2. The molecule has 0 aromatic heterocycles. The molecule has 0 radical (unpaired) electrons. The number of nitrogens with zero attached hydrogens (tertiary/aromatic N) is 1. The lowest BCUT2D eigenvalue weighted by molar-refractivity contribution is -0.117. The van der Waals surface area contributed by atoms with Gasteiger partial charge < -0.3 is 15.5 Å².